The molecule has 0 heterocycles. The quantitative estimate of drug-likeness (QED) is 0.188. The predicted molar refractivity (Wildman–Crippen MR) is 110 cm³/mol. The second kappa shape index (κ2) is 12.0. The molecule has 0 radical (unpaired) electrons. The first-order chi connectivity index (χ1) is 14.5. The maximum Gasteiger partial charge on any atom is 0.407 e. The highest BCUT2D eigenvalue weighted by Gasteiger charge is 2.63. The van der Waals surface area contributed by atoms with Gasteiger partial charge in [-0.2, -0.15) is 0 Å². The summed E-state index contributed by atoms with van der Waals surface area (Å²) >= 11 is 0. The highest BCUT2D eigenvalue weighted by atomic mass is 31.1. The summed E-state index contributed by atoms with van der Waals surface area (Å²) in [5.41, 5.74) is -1.41. The van der Waals surface area contributed by atoms with Crippen LogP contribution in [0.2, 0.25) is 0 Å². The van der Waals surface area contributed by atoms with Crippen LogP contribution in [-0.4, -0.2) is 65.3 Å². The molecule has 0 spiro atoms. The van der Waals surface area contributed by atoms with E-state index in [9.17, 15) is 28.8 Å². The Morgan fingerprint density at radius 2 is 1.68 bits per heavy atom. The molecule has 0 aliphatic heterocycles. The van der Waals surface area contributed by atoms with E-state index in [0.717, 1.165) is 0 Å². The third kappa shape index (κ3) is 7.14. The van der Waals surface area contributed by atoms with Gasteiger partial charge in [-0.15, -0.1) is 0 Å². The lowest BCUT2D eigenvalue weighted by Crippen LogP contribution is -2.56. The number of esters is 1. The van der Waals surface area contributed by atoms with Crippen molar-refractivity contribution in [3.8, 4) is 0 Å². The number of carboxylic acid groups (broad SMARTS) is 1. The van der Waals surface area contributed by atoms with Gasteiger partial charge in [-0.1, -0.05) is 31.3 Å². The minimum atomic E-state index is -1.94. The summed E-state index contributed by atoms with van der Waals surface area (Å²) in [6, 6.07) is -1.16. The topological polar surface area (TPSA) is 168 Å². The van der Waals surface area contributed by atoms with Crippen molar-refractivity contribution in [2.24, 2.45) is 11.3 Å². The average molecular weight is 463 g/mol. The van der Waals surface area contributed by atoms with Crippen LogP contribution in [0.3, 0.4) is 0 Å². The molecular weight excluding hydrogens is 431 g/mol. The first-order valence-electron chi connectivity index (χ1n) is 10.2. The fourth-order valence-electron chi connectivity index (χ4n) is 3.43. The molecule has 0 aromatic rings. The van der Waals surface area contributed by atoms with Crippen molar-refractivity contribution >= 4 is 32.4 Å². The van der Waals surface area contributed by atoms with Crippen LogP contribution in [0.15, 0.2) is 0 Å². The van der Waals surface area contributed by atoms with Crippen molar-refractivity contribution in [3.63, 3.8) is 0 Å². The Morgan fingerprint density at radius 3 is 2.19 bits per heavy atom. The number of rotatable bonds is 12. The summed E-state index contributed by atoms with van der Waals surface area (Å²) in [4.78, 5) is 47.0. The Morgan fingerprint density at radius 1 is 1.10 bits per heavy atom. The molecule has 176 valence electrons. The van der Waals surface area contributed by atoms with Crippen LogP contribution in [0.25, 0.3) is 0 Å². The fraction of sp³-hybridized carbons (Fsp3) is 0.789. The van der Waals surface area contributed by atoms with Crippen molar-refractivity contribution in [1.29, 1.82) is 0 Å². The Kier molecular flexibility index (Phi) is 10.3. The fourth-order valence-corrected chi connectivity index (χ4v) is 4.22. The van der Waals surface area contributed by atoms with Crippen molar-refractivity contribution < 1.29 is 43.4 Å². The third-order valence-corrected chi connectivity index (χ3v) is 6.42. The number of carboxylic acids is 1. The van der Waals surface area contributed by atoms with Crippen LogP contribution in [-0.2, 0) is 28.4 Å². The van der Waals surface area contributed by atoms with Gasteiger partial charge in [0.2, 0.25) is 5.91 Å². The number of alkyl carbamates (subject to hydrolysis) is 1. The number of nitrogens with one attached hydrogen (secondary N) is 2. The number of hydrogen-bond acceptors (Lipinski definition) is 8. The maximum absolute atomic E-state index is 12.8. The molecule has 1 aliphatic rings. The smallest absolute Gasteiger partial charge is 0.407 e. The zero-order valence-electron chi connectivity index (χ0n) is 18.1. The highest BCUT2D eigenvalue weighted by Crippen LogP contribution is 2.53. The molecule has 0 aromatic heterocycles. The molecule has 1 saturated carbocycles. The summed E-state index contributed by atoms with van der Waals surface area (Å²) in [7, 11) is -1.26. The molecule has 31 heavy (non-hydrogen) atoms. The van der Waals surface area contributed by atoms with E-state index >= 15 is 0 Å². The highest BCUT2D eigenvalue weighted by molar-refractivity contribution is 7.25. The third-order valence-electron chi connectivity index (χ3n) is 5.36. The number of carbonyl (C=O) groups is 4. The number of aliphatic carboxylic acids is 1. The van der Waals surface area contributed by atoms with Crippen LogP contribution >= 0.6 is 8.46 Å². The zero-order valence-corrected chi connectivity index (χ0v) is 19.1. The minimum Gasteiger partial charge on any atom is -0.480 e. The summed E-state index contributed by atoms with van der Waals surface area (Å²) < 4.78 is 21.7. The van der Waals surface area contributed by atoms with Gasteiger partial charge in [0.25, 0.3) is 5.34 Å². The van der Waals surface area contributed by atoms with Gasteiger partial charge in [-0.25, -0.2) is 4.79 Å². The van der Waals surface area contributed by atoms with Crippen LogP contribution in [0.1, 0.15) is 52.9 Å². The first-order valence-corrected chi connectivity index (χ1v) is 11.1. The van der Waals surface area contributed by atoms with Gasteiger partial charge in [-0.05, 0) is 19.8 Å². The van der Waals surface area contributed by atoms with Crippen LogP contribution in [0.5, 0.6) is 0 Å². The molecule has 1 fully saturated rings. The van der Waals surface area contributed by atoms with Crippen molar-refractivity contribution in [2.45, 2.75) is 64.3 Å². The normalized spacial score (nSPS) is 18.1. The molecule has 4 N–H and O–H groups in total. The molecule has 1 aliphatic carbocycles. The van der Waals surface area contributed by atoms with E-state index in [0.29, 0.717) is 12.8 Å². The van der Waals surface area contributed by atoms with Crippen LogP contribution in [0.4, 0.5) is 4.79 Å². The molecule has 11 nitrogen and oxygen atoms in total. The van der Waals surface area contributed by atoms with Gasteiger partial charge in [0.05, 0.1) is 5.92 Å². The molecular formula is C19H32N2O9P+. The second-order valence-corrected chi connectivity index (χ2v) is 8.95. The Balaban J connectivity index is 2.63. The van der Waals surface area contributed by atoms with Crippen molar-refractivity contribution in [2.75, 3.05) is 19.8 Å². The molecule has 0 aromatic carbocycles. The number of aliphatic hydroxyl groups is 1. The van der Waals surface area contributed by atoms with Crippen molar-refractivity contribution in [3.05, 3.63) is 0 Å². The average Bonchev–Trinajstić information content (AvgIpc) is 3.22. The molecule has 3 unspecified atom stereocenters. The van der Waals surface area contributed by atoms with Gasteiger partial charge in [0, 0.05) is 13.0 Å². The molecule has 0 saturated heterocycles. The van der Waals surface area contributed by atoms with Gasteiger partial charge >= 0.3 is 26.5 Å². The van der Waals surface area contributed by atoms with Crippen LogP contribution < -0.4 is 10.6 Å². The zero-order chi connectivity index (χ0) is 23.7. The van der Waals surface area contributed by atoms with Gasteiger partial charge in [0.15, 0.2) is 0 Å². The van der Waals surface area contributed by atoms with Gasteiger partial charge in [-0.3, -0.25) is 14.4 Å². The molecule has 3 atom stereocenters. The van der Waals surface area contributed by atoms with E-state index in [2.05, 4.69) is 10.6 Å². The number of hydrogen-bond donors (Lipinski definition) is 4. The predicted octanol–water partition coefficient (Wildman–Crippen LogP) is 1.16. The monoisotopic (exact) mass is 463 g/mol. The Labute approximate surface area is 182 Å². The van der Waals surface area contributed by atoms with E-state index in [1.807, 2.05) is 0 Å². The van der Waals surface area contributed by atoms with E-state index in [1.165, 1.54) is 6.92 Å². The van der Waals surface area contributed by atoms with Gasteiger partial charge < -0.3 is 30.3 Å². The summed E-state index contributed by atoms with van der Waals surface area (Å²) in [6.45, 7) is 4.27. The van der Waals surface area contributed by atoms with Crippen molar-refractivity contribution in [1.82, 2.24) is 10.6 Å². The summed E-state index contributed by atoms with van der Waals surface area (Å²) in [6.07, 6.45) is 0.729. The maximum atomic E-state index is 12.8. The molecule has 12 heteroatoms. The SMILES string of the molecule is CC(C)C(=O)OCCOC(=O)NCCC(O)([PH+]=O)C1(C(=O)NC(C)C(=O)O)CCCC1. The lowest BCUT2D eigenvalue weighted by Gasteiger charge is -2.35. The minimum absolute atomic E-state index is 0.0959. The van der Waals surface area contributed by atoms with Crippen LogP contribution in [0, 0.1) is 11.3 Å². The Bertz CT molecular complexity index is 679. The Hall–Kier alpha value is -2.26. The number of carbonyl (C=O) groups excluding carboxylic acids is 3. The molecule has 0 bridgehead atoms. The number of ether oxygens (including phenoxy) is 2. The van der Waals surface area contributed by atoms with E-state index in [1.54, 1.807) is 13.8 Å². The van der Waals surface area contributed by atoms with Gasteiger partial charge in [0.1, 0.15) is 24.7 Å². The summed E-state index contributed by atoms with van der Waals surface area (Å²) in [5.74, 6) is -2.60. The lowest BCUT2D eigenvalue weighted by atomic mass is 9.77. The lowest BCUT2D eigenvalue weighted by molar-refractivity contribution is -0.148. The van der Waals surface area contributed by atoms with E-state index < -0.39 is 49.2 Å². The van der Waals surface area contributed by atoms with E-state index in [4.69, 9.17) is 14.6 Å². The first kappa shape index (κ1) is 26.8. The standard InChI is InChI=1S/C19H31N2O9P/c1-12(2)15(24)29-10-11-30-17(26)20-9-8-19(27,31-28)18(6-4-5-7-18)16(25)21-13(3)14(22)23/h12-13,27H,4-11H2,1-3H3,(H,20,26)(H,21,25)(H,22,23)/p+1. The van der Waals surface area contributed by atoms with E-state index in [-0.39, 0.29) is 44.9 Å². The molecule has 1 rings (SSSR count). The molecule has 2 amide bonds. The summed E-state index contributed by atoms with van der Waals surface area (Å²) in [5, 5.41) is 22.9. The largest absolute Gasteiger partial charge is 0.480 e. The number of amides is 2. The second-order valence-electron chi connectivity index (χ2n) is 7.92.